The lowest BCUT2D eigenvalue weighted by molar-refractivity contribution is 0.304. The van der Waals surface area contributed by atoms with E-state index in [4.69, 9.17) is 18.9 Å². The Labute approximate surface area is 391 Å². The Morgan fingerprint density at radius 1 is 0.353 bits per heavy atom. The van der Waals surface area contributed by atoms with Crippen LogP contribution in [0, 0.1) is 46.5 Å². The van der Waals surface area contributed by atoms with E-state index in [1.165, 1.54) is 99.9 Å². The first kappa shape index (κ1) is 50.7. The van der Waals surface area contributed by atoms with Gasteiger partial charge in [0.05, 0.1) is 35.7 Å². The first-order valence-electron chi connectivity index (χ1n) is 22.8. The van der Waals surface area contributed by atoms with Crippen molar-refractivity contribution in [2.75, 3.05) is 13.2 Å². The number of hydrogen-bond acceptors (Lipinski definition) is 6. The molecule has 6 nitrogen and oxygen atoms in total. The molecule has 0 aromatic heterocycles. The van der Waals surface area contributed by atoms with Crippen molar-refractivity contribution < 1.29 is 54.1 Å². The van der Waals surface area contributed by atoms with Gasteiger partial charge in [-0.2, -0.15) is 17.6 Å². The van der Waals surface area contributed by atoms with Gasteiger partial charge in [-0.15, -0.1) is 0 Å². The second-order valence-corrected chi connectivity index (χ2v) is 16.0. The molecule has 358 valence electrons. The fourth-order valence-corrected chi connectivity index (χ4v) is 7.02. The molecule has 0 spiro atoms. The molecule has 68 heavy (non-hydrogen) atoms. The van der Waals surface area contributed by atoms with Gasteiger partial charge in [0.15, 0.2) is 23.3 Å². The first-order chi connectivity index (χ1) is 33.0. The van der Waals surface area contributed by atoms with Crippen LogP contribution in [0.25, 0.3) is 11.1 Å². The molecule has 0 fully saturated rings. The molecule has 6 aromatic carbocycles. The highest BCUT2D eigenvalue weighted by Gasteiger charge is 2.35. The smallest absolute Gasteiger partial charge is 0.205 e. The summed E-state index contributed by atoms with van der Waals surface area (Å²) in [6, 6.07) is 24.8. The van der Waals surface area contributed by atoms with Crippen molar-refractivity contribution in [3.8, 4) is 45.6 Å². The van der Waals surface area contributed by atoms with Crippen LogP contribution in [-0.4, -0.2) is 25.6 Å². The molecule has 0 radical (unpaired) electrons. The zero-order chi connectivity index (χ0) is 48.4. The fourth-order valence-electron chi connectivity index (χ4n) is 7.02. The largest absolute Gasteiger partial charge is 0.494 e. The molecule has 6 rings (SSSR count). The Balaban J connectivity index is 1.07. The van der Waals surface area contributed by atoms with Crippen molar-refractivity contribution in [3.63, 3.8) is 0 Å². The van der Waals surface area contributed by atoms with E-state index in [0.29, 0.717) is 24.6 Å². The predicted molar refractivity (Wildman–Crippen MR) is 250 cm³/mol. The van der Waals surface area contributed by atoms with E-state index in [1.807, 2.05) is 48.5 Å². The van der Waals surface area contributed by atoms with E-state index in [-0.39, 0.29) is 11.5 Å². The standard InChI is InChI=1S/C54H52F8N2O4/c1-3-5-7-9-11-13-31-65-39-23-15-35(16-24-39)33-63-37-19-27-41(28-20-37)67-53-49(59)45(55)43(46(56)50(53)60)44-47(57)51(61)54(52(62)48(44)58)68-42-29-21-38(22-30-42)64-34-36-17-25-40(26-18-36)66-32-14-12-10-8-6-4-2/h15-30,33-34H,3-14,31-32H2,1-2H3. The molecule has 14 heteroatoms. The van der Waals surface area contributed by atoms with E-state index >= 15 is 35.1 Å². The molecule has 0 heterocycles. The van der Waals surface area contributed by atoms with E-state index in [0.717, 1.165) is 48.3 Å². The average molecular weight is 945 g/mol. The number of rotatable bonds is 25. The Bertz CT molecular complexity index is 2380. The highest BCUT2D eigenvalue weighted by molar-refractivity contribution is 5.83. The number of unbranched alkanes of at least 4 members (excludes halogenated alkanes) is 10. The summed E-state index contributed by atoms with van der Waals surface area (Å²) in [5.41, 5.74) is -1.85. The minimum atomic E-state index is -2.38. The minimum Gasteiger partial charge on any atom is -0.494 e. The predicted octanol–water partition coefficient (Wildman–Crippen LogP) is 17.0. The third-order valence-electron chi connectivity index (χ3n) is 10.8. The lowest BCUT2D eigenvalue weighted by Crippen LogP contribution is -2.09. The molecule has 0 atom stereocenters. The maximum Gasteiger partial charge on any atom is 0.205 e. The van der Waals surface area contributed by atoms with Crippen molar-refractivity contribution in [3.05, 3.63) is 155 Å². The third kappa shape index (κ3) is 13.7. The summed E-state index contributed by atoms with van der Waals surface area (Å²) in [7, 11) is 0. The lowest BCUT2D eigenvalue weighted by atomic mass is 10.0. The Morgan fingerprint density at radius 3 is 0.971 bits per heavy atom. The molecule has 0 amide bonds. The van der Waals surface area contributed by atoms with Gasteiger partial charge in [0.25, 0.3) is 0 Å². The van der Waals surface area contributed by atoms with Gasteiger partial charge in [0.1, 0.15) is 23.0 Å². The lowest BCUT2D eigenvalue weighted by Gasteiger charge is -2.16. The Morgan fingerprint density at radius 2 is 0.647 bits per heavy atom. The monoisotopic (exact) mass is 944 g/mol. The van der Waals surface area contributed by atoms with Crippen LogP contribution >= 0.6 is 0 Å². The van der Waals surface area contributed by atoms with Crippen molar-refractivity contribution in [2.24, 2.45) is 9.98 Å². The Kier molecular flexibility index (Phi) is 19.0. The first-order valence-corrected chi connectivity index (χ1v) is 22.8. The van der Waals surface area contributed by atoms with Crippen LogP contribution in [0.5, 0.6) is 34.5 Å². The summed E-state index contributed by atoms with van der Waals surface area (Å²) >= 11 is 0. The molecule has 0 saturated heterocycles. The molecule has 0 bridgehead atoms. The van der Waals surface area contributed by atoms with Gasteiger partial charge in [0.2, 0.25) is 34.8 Å². The number of ether oxygens (including phenoxy) is 4. The van der Waals surface area contributed by atoms with E-state index in [2.05, 4.69) is 23.8 Å². The van der Waals surface area contributed by atoms with Crippen LogP contribution in [0.4, 0.5) is 46.5 Å². The third-order valence-corrected chi connectivity index (χ3v) is 10.8. The molecule has 6 aromatic rings. The summed E-state index contributed by atoms with van der Waals surface area (Å²) in [6.45, 7) is 5.59. The fraction of sp³-hybridized carbons (Fsp3) is 0.296. The summed E-state index contributed by atoms with van der Waals surface area (Å²) in [6.07, 6.45) is 17.0. The quantitative estimate of drug-likeness (QED) is 0.0248. The van der Waals surface area contributed by atoms with Crippen LogP contribution in [0.15, 0.2) is 107 Å². The van der Waals surface area contributed by atoms with Gasteiger partial charge >= 0.3 is 0 Å². The average Bonchev–Trinajstić information content (AvgIpc) is 3.36. The SMILES string of the molecule is CCCCCCCCOc1ccc(C=Nc2ccc(Oc3c(F)c(F)c(-c4c(F)c(F)c(Oc5ccc(N=Cc6ccc(OCCCCCCCC)cc6)cc5)c(F)c4F)c(F)c3F)cc2)cc1. The zero-order valence-corrected chi connectivity index (χ0v) is 37.8. The number of halogens is 8. The summed E-state index contributed by atoms with van der Waals surface area (Å²) in [4.78, 5) is 8.66. The van der Waals surface area contributed by atoms with E-state index in [9.17, 15) is 0 Å². The zero-order valence-electron chi connectivity index (χ0n) is 37.8. The summed E-state index contributed by atoms with van der Waals surface area (Å²) < 4.78 is 145. The van der Waals surface area contributed by atoms with E-state index in [1.54, 1.807) is 12.4 Å². The second-order valence-electron chi connectivity index (χ2n) is 16.0. The molecule has 0 aliphatic carbocycles. The van der Waals surface area contributed by atoms with Gasteiger partial charge < -0.3 is 18.9 Å². The van der Waals surface area contributed by atoms with Gasteiger partial charge in [-0.25, -0.2) is 17.6 Å². The van der Waals surface area contributed by atoms with Crippen LogP contribution in [0.1, 0.15) is 102 Å². The van der Waals surface area contributed by atoms with Gasteiger partial charge in [-0.3, -0.25) is 9.98 Å². The van der Waals surface area contributed by atoms with Gasteiger partial charge in [-0.05, 0) is 121 Å². The van der Waals surface area contributed by atoms with Crippen molar-refractivity contribution in [1.82, 2.24) is 0 Å². The van der Waals surface area contributed by atoms with Crippen LogP contribution in [0.3, 0.4) is 0 Å². The van der Waals surface area contributed by atoms with Crippen LogP contribution < -0.4 is 18.9 Å². The van der Waals surface area contributed by atoms with Crippen molar-refractivity contribution >= 4 is 23.8 Å². The van der Waals surface area contributed by atoms with Crippen molar-refractivity contribution in [1.29, 1.82) is 0 Å². The molecular formula is C54H52F8N2O4. The van der Waals surface area contributed by atoms with Crippen LogP contribution in [-0.2, 0) is 0 Å². The maximum absolute atomic E-state index is 15.5. The number of nitrogens with zero attached hydrogens (tertiary/aromatic N) is 2. The van der Waals surface area contributed by atoms with E-state index < -0.39 is 69.2 Å². The highest BCUT2D eigenvalue weighted by atomic mass is 19.2. The normalized spacial score (nSPS) is 11.5. The number of hydrogen-bond donors (Lipinski definition) is 0. The van der Waals surface area contributed by atoms with Crippen molar-refractivity contribution in [2.45, 2.75) is 90.9 Å². The number of aliphatic imine (C=N–C) groups is 2. The molecular weight excluding hydrogens is 893 g/mol. The summed E-state index contributed by atoms with van der Waals surface area (Å²) in [5, 5.41) is 0. The topological polar surface area (TPSA) is 61.6 Å². The molecule has 0 saturated carbocycles. The molecule has 0 unspecified atom stereocenters. The minimum absolute atomic E-state index is 0.301. The van der Waals surface area contributed by atoms with Gasteiger partial charge in [-0.1, -0.05) is 78.1 Å². The maximum atomic E-state index is 15.5. The Hall–Kier alpha value is -6.70. The van der Waals surface area contributed by atoms with Gasteiger partial charge in [0, 0.05) is 12.4 Å². The molecule has 0 N–H and O–H groups in total. The highest BCUT2D eigenvalue weighted by Crippen LogP contribution is 2.43. The van der Waals surface area contributed by atoms with Crippen LogP contribution in [0.2, 0.25) is 0 Å². The molecule has 0 aliphatic rings. The molecule has 0 aliphatic heterocycles. The number of benzene rings is 6. The second kappa shape index (κ2) is 25.4. The summed E-state index contributed by atoms with van der Waals surface area (Å²) in [5.74, 6) is -20.8.